The molecule has 0 bridgehead atoms. The van der Waals surface area contributed by atoms with Crippen LogP contribution in [-0.4, -0.2) is 65.0 Å². The van der Waals surface area contributed by atoms with Gasteiger partial charge in [0, 0.05) is 153 Å². The van der Waals surface area contributed by atoms with Crippen LogP contribution in [0.25, 0.3) is 120 Å². The summed E-state index contributed by atoms with van der Waals surface area (Å²) in [5, 5.41) is 116. The minimum Gasteiger partial charge on any atom is -0.741 e. The van der Waals surface area contributed by atoms with E-state index in [0.29, 0.717) is 36.5 Å². The normalized spacial score (nSPS) is 10.3. The van der Waals surface area contributed by atoms with Crippen LogP contribution in [0, 0.1) is 46.9 Å². The van der Waals surface area contributed by atoms with Crippen molar-refractivity contribution in [3.05, 3.63) is 415 Å². The van der Waals surface area contributed by atoms with Gasteiger partial charge in [-0.15, -0.1) is 0 Å². The van der Waals surface area contributed by atoms with E-state index in [1.54, 1.807) is 117 Å². The Morgan fingerprint density at radius 1 is 0.230 bits per heavy atom. The molecule has 31 heteroatoms. The van der Waals surface area contributed by atoms with Gasteiger partial charge in [0.2, 0.25) is 47.1 Å². The number of fused-ring (bicyclic) bond motifs is 11. The lowest BCUT2D eigenvalue weighted by atomic mass is 10.2. The topological polar surface area (TPSA) is 410 Å². The first-order valence-corrected chi connectivity index (χ1v) is 33.9. The van der Waals surface area contributed by atoms with Gasteiger partial charge in [-0.1, -0.05) is 97.4 Å². The van der Waals surface area contributed by atoms with Gasteiger partial charge in [0.15, 0.2) is 43.4 Å². The van der Waals surface area contributed by atoms with Gasteiger partial charge in [-0.05, 0) is 90.3 Å². The summed E-state index contributed by atoms with van der Waals surface area (Å²) in [4.78, 5) is 44.7. The van der Waals surface area contributed by atoms with Crippen molar-refractivity contribution >= 4 is 120 Å². The Hall–Kier alpha value is -16.9. The Morgan fingerprint density at radius 3 is 1.26 bits per heavy atom. The van der Waals surface area contributed by atoms with E-state index in [1.807, 2.05) is 164 Å². The molecule has 16 aromatic heterocycles. The lowest BCUT2D eigenvalue weighted by molar-refractivity contribution is -0.669. The molecule has 0 radical (unpaired) electrons. The lowest BCUT2D eigenvalue weighted by Crippen LogP contribution is -2.29. The molecule has 0 fully saturated rings. The van der Waals surface area contributed by atoms with Crippen molar-refractivity contribution in [2.45, 2.75) is 0 Å². The van der Waals surface area contributed by atoms with Gasteiger partial charge in [-0.25, -0.2) is 19.7 Å². The number of nitrogens with zero attached hydrogens (tertiary/aromatic N) is 22. The van der Waals surface area contributed by atoms with Crippen LogP contribution in [0.4, 0.5) is 0 Å². The molecular weight excluding hydrogens is 1440 g/mol. The summed E-state index contributed by atoms with van der Waals surface area (Å²) < 4.78 is 5.45. The summed E-state index contributed by atoms with van der Waals surface area (Å²) in [7, 11) is 0. The Labute approximate surface area is 639 Å². The van der Waals surface area contributed by atoms with Crippen LogP contribution in [0.15, 0.2) is 368 Å². The Morgan fingerprint density at radius 2 is 0.699 bits per heavy atom. The van der Waals surface area contributed by atoms with Crippen LogP contribution in [0.5, 0.6) is 0 Å². The maximum Gasteiger partial charge on any atom is 0.289 e. The Kier molecular flexibility index (Phi) is 25.4. The average Bonchev–Trinajstić information content (AvgIpc) is 0.778. The molecule has 0 aliphatic rings. The molecule has 0 atom stereocenters. The van der Waals surface area contributed by atoms with Crippen LogP contribution >= 0.6 is 0 Å². The van der Waals surface area contributed by atoms with Crippen molar-refractivity contribution < 1.29 is 42.8 Å². The summed E-state index contributed by atoms with van der Waals surface area (Å²) in [6, 6.07) is 62.9. The molecule has 0 aliphatic carbocycles. The molecule has 16 heterocycles. The van der Waals surface area contributed by atoms with Crippen LogP contribution < -0.4 is 42.8 Å². The van der Waals surface area contributed by atoms with Crippen molar-refractivity contribution in [1.29, 1.82) is 0 Å². The molecule has 21 aromatic rings. The van der Waals surface area contributed by atoms with E-state index >= 15 is 0 Å². The summed E-state index contributed by atoms with van der Waals surface area (Å²) in [6.45, 7) is 0. The zero-order chi connectivity index (χ0) is 78.5. The Bertz CT molecular complexity index is 6240. The van der Waals surface area contributed by atoms with Gasteiger partial charge < -0.3 is 46.9 Å². The highest BCUT2D eigenvalue weighted by molar-refractivity contribution is 5.93. The summed E-state index contributed by atoms with van der Waals surface area (Å²) in [6.07, 6.45) is 39.8. The van der Waals surface area contributed by atoms with Crippen LogP contribution in [0.1, 0.15) is 0 Å². The van der Waals surface area contributed by atoms with Crippen LogP contribution in [0.3, 0.4) is 0 Å². The first kappa shape index (κ1) is 75.8. The third-order valence-corrected chi connectivity index (χ3v) is 16.0. The molecular formula is C82H60N22O9. The van der Waals surface area contributed by atoms with E-state index in [2.05, 4.69) is 71.1 Å². The first-order chi connectivity index (χ1) is 55.3. The lowest BCUT2D eigenvalue weighted by Gasteiger charge is -2.04. The second kappa shape index (κ2) is 37.9. The number of rotatable bonds is 0. The van der Waals surface area contributed by atoms with Gasteiger partial charge in [-0.2, -0.15) is 23.7 Å². The molecule has 21 rings (SSSR count). The highest BCUT2D eigenvalue weighted by atomic mass is 16.5. The zero-order valence-corrected chi connectivity index (χ0v) is 59.2. The van der Waals surface area contributed by atoms with Crippen molar-refractivity contribution in [2.75, 3.05) is 0 Å². The molecule has 0 amide bonds. The van der Waals surface area contributed by atoms with Gasteiger partial charge in [0.05, 0.1) is 61.4 Å². The van der Waals surface area contributed by atoms with E-state index < -0.39 is 0 Å². The molecule has 0 spiro atoms. The molecule has 31 nitrogen and oxygen atoms in total. The molecule has 0 saturated heterocycles. The number of aromatic nitrogens is 22. The SMILES string of the molecule is [O-][n+]1c2ccncc2cc2cnccc21.[O-][n+]1cc2ccccc2cn1.[O-][n+]1ccc2ccccc2c1.[O-][n+]1ccc2nc3ccncc3cc2c1.[O-][n+]1cccc2ccccc21.[O-][n+]1ccccn1.[O-][n+]1ccnc2ccccc21.[O-][n+]1cncc2ccccc21.[O-][n+]1cncnc1.c1cc2nc3ccncc3cc2cn1. The third kappa shape index (κ3) is 21.0. The number of hydrogen-bond acceptors (Lipinski definition) is 22. The van der Waals surface area contributed by atoms with Crippen molar-refractivity contribution in [3.63, 3.8) is 0 Å². The molecule has 113 heavy (non-hydrogen) atoms. The van der Waals surface area contributed by atoms with Crippen LogP contribution in [-0.2, 0) is 0 Å². The quantitative estimate of drug-likeness (QED) is 0.0774. The minimum absolute atomic E-state index is 0.500. The minimum atomic E-state index is 0.500. The van der Waals surface area contributed by atoms with Gasteiger partial charge in [0.1, 0.15) is 17.2 Å². The summed E-state index contributed by atoms with van der Waals surface area (Å²) in [5.41, 5.74) is 7.62. The van der Waals surface area contributed by atoms with Crippen molar-refractivity contribution in [2.24, 2.45) is 0 Å². The van der Waals surface area contributed by atoms with E-state index in [0.717, 1.165) is 139 Å². The highest BCUT2D eigenvalue weighted by Gasteiger charge is 2.10. The van der Waals surface area contributed by atoms with Gasteiger partial charge >= 0.3 is 0 Å². The van der Waals surface area contributed by atoms with E-state index in [4.69, 9.17) is 0 Å². The van der Waals surface area contributed by atoms with Crippen molar-refractivity contribution in [1.82, 2.24) is 65.0 Å². The molecule has 0 unspecified atom stereocenters. The zero-order valence-electron chi connectivity index (χ0n) is 59.2. The first-order valence-electron chi connectivity index (χ1n) is 33.9. The predicted octanol–water partition coefficient (Wildman–Crippen LogP) is 9.39. The largest absolute Gasteiger partial charge is 0.741 e. The predicted molar refractivity (Wildman–Crippen MR) is 419 cm³/mol. The standard InChI is InChI=1S/2C11H7N3O.C11H7N3.2C9H7NO.3C8H6N2O.C4H4N2O.C3H3N3O/c15-14-4-2-11-9(7-14)5-8-6-12-3-1-10(8)13-11;15-14-10-1-3-12-6-8(10)5-9-7-13-4-2-11(9)14;1-3-12-6-8-5-9-7-13-4-2-11(9)14-10(1)8;11-10-7-3-5-8-4-1-2-6-9(8)10;11-10-6-5-8-3-1-2-4-9(8)7-10;11-10-6-9-5-7-3-1-2-4-8(7)10;11-10-6-8-4-2-1-3-7(8)5-9-10;11-10-6-5-9-7-3-1-2-4-8(7)10;7-6-4-2-1-3-5-6;7-6-2-4-1-5-3-6/h2*1-7H;1-7H;2*1-7H;3*1-6H;1-4H;1-3H. The maximum absolute atomic E-state index is 11.9. The fourth-order valence-corrected chi connectivity index (χ4v) is 10.7. The second-order valence-corrected chi connectivity index (χ2v) is 23.5. The summed E-state index contributed by atoms with van der Waals surface area (Å²) in [5.74, 6) is 0. The van der Waals surface area contributed by atoms with Crippen LogP contribution in [0.2, 0.25) is 0 Å². The molecule has 0 N–H and O–H groups in total. The number of hydrogen-bond donors (Lipinski definition) is 0. The van der Waals surface area contributed by atoms with Gasteiger partial charge in [-0.3, -0.25) is 29.7 Å². The van der Waals surface area contributed by atoms with E-state index in [-0.39, 0.29) is 0 Å². The molecule has 552 valence electrons. The fourth-order valence-electron chi connectivity index (χ4n) is 10.7. The summed E-state index contributed by atoms with van der Waals surface area (Å²) >= 11 is 0. The van der Waals surface area contributed by atoms with Gasteiger partial charge in [0.25, 0.3) is 12.7 Å². The molecule has 0 saturated carbocycles. The highest BCUT2D eigenvalue weighted by Crippen LogP contribution is 2.20. The number of para-hydroxylation sites is 4. The van der Waals surface area contributed by atoms with Crippen molar-refractivity contribution in [3.8, 4) is 0 Å². The number of pyridine rings is 11. The maximum atomic E-state index is 11.9. The molecule has 0 aliphatic heterocycles. The fraction of sp³-hybridized carbons (Fsp3) is 0. The Balaban J connectivity index is 0.000000117. The third-order valence-electron chi connectivity index (χ3n) is 16.0. The van der Waals surface area contributed by atoms with E-state index in [1.165, 1.54) is 68.4 Å². The smallest absolute Gasteiger partial charge is 0.289 e. The van der Waals surface area contributed by atoms with E-state index in [9.17, 15) is 46.9 Å². The number of benzene rings is 5. The average molecular weight is 1500 g/mol. The second-order valence-electron chi connectivity index (χ2n) is 23.5. The molecule has 5 aromatic carbocycles. The monoisotopic (exact) mass is 1500 g/mol.